The Hall–Kier alpha value is -2.39. The standard InChI is InChI=1S/C17H14N2S/c18-17(19)15-7-6-13-10-12(3-5-14(13)11-15)4-8-16-2-1-9-20-16/h1-11H,(H3,18,19)/b8-4+. The van der Waals surface area contributed by atoms with E-state index >= 15 is 0 Å². The largest absolute Gasteiger partial charge is 0.384 e. The van der Waals surface area contributed by atoms with Crippen LogP contribution in [0.3, 0.4) is 0 Å². The van der Waals surface area contributed by atoms with Crippen molar-refractivity contribution >= 4 is 40.1 Å². The van der Waals surface area contributed by atoms with Gasteiger partial charge in [-0.15, -0.1) is 11.3 Å². The highest BCUT2D eigenvalue weighted by Gasteiger charge is 1.99. The van der Waals surface area contributed by atoms with Crippen LogP contribution in [0.2, 0.25) is 0 Å². The molecule has 98 valence electrons. The molecule has 0 unspecified atom stereocenters. The number of nitrogens with two attached hydrogens (primary N) is 1. The summed E-state index contributed by atoms with van der Waals surface area (Å²) in [5.41, 5.74) is 7.44. The van der Waals surface area contributed by atoms with Gasteiger partial charge in [0.15, 0.2) is 0 Å². The van der Waals surface area contributed by atoms with E-state index in [1.165, 1.54) is 10.4 Å². The van der Waals surface area contributed by atoms with Crippen molar-refractivity contribution in [3.05, 3.63) is 69.9 Å². The molecule has 0 radical (unpaired) electrons. The Morgan fingerprint density at radius 1 is 1.00 bits per heavy atom. The van der Waals surface area contributed by atoms with E-state index < -0.39 is 0 Å². The summed E-state index contributed by atoms with van der Waals surface area (Å²) in [4.78, 5) is 1.25. The van der Waals surface area contributed by atoms with E-state index in [0.717, 1.165) is 16.3 Å². The van der Waals surface area contributed by atoms with Gasteiger partial charge in [0.25, 0.3) is 0 Å². The summed E-state index contributed by atoms with van der Waals surface area (Å²) in [6.07, 6.45) is 4.24. The van der Waals surface area contributed by atoms with Crippen molar-refractivity contribution in [2.24, 2.45) is 5.73 Å². The van der Waals surface area contributed by atoms with Crippen LogP contribution in [0, 0.1) is 5.41 Å². The summed E-state index contributed by atoms with van der Waals surface area (Å²) in [7, 11) is 0. The minimum Gasteiger partial charge on any atom is -0.384 e. The molecule has 0 bridgehead atoms. The first-order chi connectivity index (χ1) is 9.72. The molecule has 3 rings (SSSR count). The third kappa shape index (κ3) is 2.63. The van der Waals surface area contributed by atoms with Crippen molar-refractivity contribution in [1.82, 2.24) is 0 Å². The Bertz CT molecular complexity index is 786. The third-order valence-electron chi connectivity index (χ3n) is 3.16. The molecule has 20 heavy (non-hydrogen) atoms. The zero-order valence-electron chi connectivity index (χ0n) is 10.8. The number of thiophene rings is 1. The number of rotatable bonds is 3. The van der Waals surface area contributed by atoms with Crippen LogP contribution < -0.4 is 5.73 Å². The maximum absolute atomic E-state index is 7.47. The molecule has 3 heteroatoms. The van der Waals surface area contributed by atoms with Crippen LogP contribution in [0.5, 0.6) is 0 Å². The molecule has 0 aliphatic heterocycles. The summed E-state index contributed by atoms with van der Waals surface area (Å²) in [6.45, 7) is 0. The van der Waals surface area contributed by atoms with E-state index in [1.54, 1.807) is 11.3 Å². The van der Waals surface area contributed by atoms with Crippen molar-refractivity contribution in [1.29, 1.82) is 5.41 Å². The Morgan fingerprint density at radius 2 is 1.80 bits per heavy atom. The van der Waals surface area contributed by atoms with Gasteiger partial charge in [-0.3, -0.25) is 5.41 Å². The van der Waals surface area contributed by atoms with E-state index in [9.17, 15) is 0 Å². The van der Waals surface area contributed by atoms with Crippen molar-refractivity contribution < 1.29 is 0 Å². The smallest absolute Gasteiger partial charge is 0.122 e. The molecule has 1 aromatic heterocycles. The lowest BCUT2D eigenvalue weighted by Crippen LogP contribution is -2.10. The molecule has 0 aliphatic rings. The van der Waals surface area contributed by atoms with Gasteiger partial charge in [-0.2, -0.15) is 0 Å². The Balaban J connectivity index is 1.95. The predicted octanol–water partition coefficient (Wildman–Crippen LogP) is 4.36. The lowest BCUT2D eigenvalue weighted by atomic mass is 10.0. The van der Waals surface area contributed by atoms with Crippen LogP contribution >= 0.6 is 11.3 Å². The molecular formula is C17H14N2S. The number of fused-ring (bicyclic) bond motifs is 1. The van der Waals surface area contributed by atoms with E-state index in [-0.39, 0.29) is 5.84 Å². The zero-order valence-corrected chi connectivity index (χ0v) is 11.7. The minimum absolute atomic E-state index is 0.105. The molecule has 0 fully saturated rings. The van der Waals surface area contributed by atoms with Gasteiger partial charge < -0.3 is 5.73 Å². The molecule has 0 saturated carbocycles. The Morgan fingerprint density at radius 3 is 2.55 bits per heavy atom. The molecule has 0 atom stereocenters. The maximum atomic E-state index is 7.47. The second kappa shape index (κ2) is 5.31. The van der Waals surface area contributed by atoms with Gasteiger partial charge in [-0.05, 0) is 46.0 Å². The summed E-state index contributed by atoms with van der Waals surface area (Å²) in [6, 6.07) is 16.3. The molecule has 2 nitrogen and oxygen atoms in total. The third-order valence-corrected chi connectivity index (χ3v) is 4.00. The molecule has 3 aromatic rings. The number of hydrogen-bond donors (Lipinski definition) is 2. The highest BCUT2D eigenvalue weighted by molar-refractivity contribution is 7.10. The predicted molar refractivity (Wildman–Crippen MR) is 88.2 cm³/mol. The van der Waals surface area contributed by atoms with E-state index in [4.69, 9.17) is 11.1 Å². The van der Waals surface area contributed by atoms with Crippen LogP contribution in [0.25, 0.3) is 22.9 Å². The average molecular weight is 278 g/mol. The summed E-state index contributed by atoms with van der Waals surface area (Å²) >= 11 is 1.73. The van der Waals surface area contributed by atoms with E-state index in [0.29, 0.717) is 0 Å². The Labute approximate surface area is 121 Å². The zero-order chi connectivity index (χ0) is 13.9. The SMILES string of the molecule is N=C(N)c1ccc2cc(/C=C/c3cccs3)ccc2c1. The molecule has 0 aliphatic carbocycles. The van der Waals surface area contributed by atoms with Crippen LogP contribution in [0.4, 0.5) is 0 Å². The molecule has 0 amide bonds. The normalized spacial score (nSPS) is 11.2. The maximum Gasteiger partial charge on any atom is 0.122 e. The monoisotopic (exact) mass is 278 g/mol. The average Bonchev–Trinajstić information content (AvgIpc) is 2.97. The summed E-state index contributed by atoms with van der Waals surface area (Å²) in [5, 5.41) is 11.8. The fourth-order valence-electron chi connectivity index (χ4n) is 2.10. The summed E-state index contributed by atoms with van der Waals surface area (Å²) in [5.74, 6) is 0.105. The molecule has 3 N–H and O–H groups in total. The van der Waals surface area contributed by atoms with Crippen molar-refractivity contribution in [2.75, 3.05) is 0 Å². The van der Waals surface area contributed by atoms with E-state index in [1.807, 2.05) is 24.3 Å². The number of amidine groups is 1. The van der Waals surface area contributed by atoms with Crippen LogP contribution in [0.15, 0.2) is 53.9 Å². The van der Waals surface area contributed by atoms with Gasteiger partial charge in [0, 0.05) is 10.4 Å². The van der Waals surface area contributed by atoms with Crippen LogP contribution in [-0.4, -0.2) is 5.84 Å². The van der Waals surface area contributed by atoms with Gasteiger partial charge >= 0.3 is 0 Å². The fraction of sp³-hybridized carbons (Fsp3) is 0. The lowest BCUT2D eigenvalue weighted by Gasteiger charge is -2.03. The van der Waals surface area contributed by atoms with Crippen molar-refractivity contribution in [2.45, 2.75) is 0 Å². The quantitative estimate of drug-likeness (QED) is 0.543. The van der Waals surface area contributed by atoms with Gasteiger partial charge in [0.05, 0.1) is 0 Å². The first-order valence-corrected chi connectivity index (χ1v) is 7.20. The molecule has 2 aromatic carbocycles. The number of nitrogen functional groups attached to an aromatic ring is 1. The minimum atomic E-state index is 0.105. The van der Waals surface area contributed by atoms with Gasteiger partial charge in [0.2, 0.25) is 0 Å². The number of benzene rings is 2. The lowest BCUT2D eigenvalue weighted by molar-refractivity contribution is 1.43. The highest BCUT2D eigenvalue weighted by atomic mass is 32.1. The van der Waals surface area contributed by atoms with Crippen LogP contribution in [-0.2, 0) is 0 Å². The molecule has 1 heterocycles. The van der Waals surface area contributed by atoms with Crippen LogP contribution in [0.1, 0.15) is 16.0 Å². The van der Waals surface area contributed by atoms with Gasteiger partial charge in [-0.25, -0.2) is 0 Å². The summed E-state index contributed by atoms with van der Waals surface area (Å²) < 4.78 is 0. The molecular weight excluding hydrogens is 264 g/mol. The second-order valence-corrected chi connectivity index (χ2v) is 5.56. The van der Waals surface area contributed by atoms with Crippen molar-refractivity contribution in [3.8, 4) is 0 Å². The second-order valence-electron chi connectivity index (χ2n) is 4.58. The highest BCUT2D eigenvalue weighted by Crippen LogP contribution is 2.20. The number of nitrogens with one attached hydrogen (secondary N) is 1. The Kier molecular flexibility index (Phi) is 3.35. The fourth-order valence-corrected chi connectivity index (χ4v) is 2.72. The first kappa shape index (κ1) is 12.6. The topological polar surface area (TPSA) is 49.9 Å². The van der Waals surface area contributed by atoms with E-state index in [2.05, 4.69) is 41.8 Å². The molecule has 0 spiro atoms. The van der Waals surface area contributed by atoms with Gasteiger partial charge in [-0.1, -0.05) is 36.4 Å². The first-order valence-electron chi connectivity index (χ1n) is 6.32. The van der Waals surface area contributed by atoms with Crippen molar-refractivity contribution in [3.63, 3.8) is 0 Å². The number of hydrogen-bond acceptors (Lipinski definition) is 2. The molecule has 0 saturated heterocycles. The van der Waals surface area contributed by atoms with Gasteiger partial charge in [0.1, 0.15) is 5.84 Å².